The zero-order chi connectivity index (χ0) is 12.5. The fraction of sp³-hybridized carbons (Fsp3) is 0.667. The first-order valence-electron chi connectivity index (χ1n) is 6.08. The first kappa shape index (κ1) is 12.0. The van der Waals surface area contributed by atoms with Crippen LogP contribution in [0, 0.1) is 0 Å². The molecule has 2 rings (SSSR count). The quantitative estimate of drug-likeness (QED) is 0.786. The number of aromatic amines is 1. The molecule has 5 heteroatoms. The van der Waals surface area contributed by atoms with Gasteiger partial charge in [0.25, 0.3) is 0 Å². The van der Waals surface area contributed by atoms with E-state index >= 15 is 0 Å². The zero-order valence-corrected chi connectivity index (χ0v) is 10.7. The molecule has 0 unspecified atom stereocenters. The first-order valence-corrected chi connectivity index (χ1v) is 6.08. The Morgan fingerprint density at radius 2 is 2.06 bits per heavy atom. The number of aromatic nitrogens is 2. The van der Waals surface area contributed by atoms with Gasteiger partial charge in [-0.2, -0.15) is 5.10 Å². The molecule has 2 amide bonds. The topological polar surface area (TPSA) is 61.0 Å². The Kier molecular flexibility index (Phi) is 3.09. The van der Waals surface area contributed by atoms with Crippen molar-refractivity contribution in [2.45, 2.75) is 39.0 Å². The first-order chi connectivity index (χ1) is 7.97. The molecule has 0 bridgehead atoms. The maximum atomic E-state index is 11.8. The Morgan fingerprint density at radius 3 is 2.59 bits per heavy atom. The summed E-state index contributed by atoms with van der Waals surface area (Å²) < 4.78 is 0. The summed E-state index contributed by atoms with van der Waals surface area (Å²) in [7, 11) is 0. The predicted octanol–water partition coefficient (Wildman–Crippen LogP) is 2.33. The number of likely N-dealkylation sites (tertiary alicyclic amines) is 1. The molecule has 2 heterocycles. The summed E-state index contributed by atoms with van der Waals surface area (Å²) in [5.74, 6) is 0.604. The highest BCUT2D eigenvalue weighted by Crippen LogP contribution is 2.22. The predicted molar refractivity (Wildman–Crippen MR) is 67.1 cm³/mol. The Bertz CT molecular complexity index is 399. The van der Waals surface area contributed by atoms with E-state index in [0.717, 1.165) is 31.6 Å². The standard InChI is InChI=1S/C12H20N4O/c1-12(2,3)9-8-10(15-14-9)13-11(17)16-6-4-5-7-16/h8H,4-7H2,1-3H3,(H2,13,14,15,17). The summed E-state index contributed by atoms with van der Waals surface area (Å²) in [6.45, 7) is 8.01. The highest BCUT2D eigenvalue weighted by atomic mass is 16.2. The number of amides is 2. The summed E-state index contributed by atoms with van der Waals surface area (Å²) >= 11 is 0. The van der Waals surface area contributed by atoms with Gasteiger partial charge >= 0.3 is 6.03 Å². The SMILES string of the molecule is CC(C)(C)c1cc(NC(=O)N2CCCC2)n[nH]1. The normalized spacial score (nSPS) is 16.3. The maximum Gasteiger partial charge on any atom is 0.323 e. The van der Waals surface area contributed by atoms with Crippen molar-refractivity contribution < 1.29 is 4.79 Å². The minimum atomic E-state index is -0.0468. The summed E-state index contributed by atoms with van der Waals surface area (Å²) in [4.78, 5) is 13.7. The number of rotatable bonds is 1. The van der Waals surface area contributed by atoms with Crippen molar-refractivity contribution in [3.63, 3.8) is 0 Å². The molecule has 0 saturated carbocycles. The fourth-order valence-corrected chi connectivity index (χ4v) is 1.88. The summed E-state index contributed by atoms with van der Waals surface area (Å²) in [5.41, 5.74) is 1.04. The van der Waals surface area contributed by atoms with Crippen LogP contribution in [-0.4, -0.2) is 34.2 Å². The average Bonchev–Trinajstić information content (AvgIpc) is 2.85. The summed E-state index contributed by atoms with van der Waals surface area (Å²) in [6.07, 6.45) is 2.20. The molecule has 1 fully saturated rings. The van der Waals surface area contributed by atoms with Crippen molar-refractivity contribution in [1.82, 2.24) is 15.1 Å². The van der Waals surface area contributed by atoms with Crippen LogP contribution in [0.4, 0.5) is 10.6 Å². The van der Waals surface area contributed by atoms with Gasteiger partial charge < -0.3 is 4.90 Å². The van der Waals surface area contributed by atoms with Gasteiger partial charge in [0.2, 0.25) is 0 Å². The lowest BCUT2D eigenvalue weighted by Gasteiger charge is -2.15. The van der Waals surface area contributed by atoms with Gasteiger partial charge in [-0.15, -0.1) is 0 Å². The Hall–Kier alpha value is -1.52. The van der Waals surface area contributed by atoms with Crippen LogP contribution in [-0.2, 0) is 5.41 Å². The molecule has 2 N–H and O–H groups in total. The molecule has 5 nitrogen and oxygen atoms in total. The second-order valence-electron chi connectivity index (χ2n) is 5.54. The van der Waals surface area contributed by atoms with Gasteiger partial charge in [0.05, 0.1) is 0 Å². The number of carbonyl (C=O) groups is 1. The van der Waals surface area contributed by atoms with E-state index in [1.807, 2.05) is 11.0 Å². The van der Waals surface area contributed by atoms with E-state index in [9.17, 15) is 4.79 Å². The van der Waals surface area contributed by atoms with E-state index in [0.29, 0.717) is 5.82 Å². The highest BCUT2D eigenvalue weighted by Gasteiger charge is 2.20. The molecule has 1 saturated heterocycles. The molecular formula is C12H20N4O. The van der Waals surface area contributed by atoms with Gasteiger partial charge in [-0.1, -0.05) is 20.8 Å². The van der Waals surface area contributed by atoms with Gasteiger partial charge in [-0.25, -0.2) is 4.79 Å². The van der Waals surface area contributed by atoms with Crippen molar-refractivity contribution in [1.29, 1.82) is 0 Å². The molecule has 0 aliphatic carbocycles. The number of hydrogen-bond donors (Lipinski definition) is 2. The van der Waals surface area contributed by atoms with E-state index in [1.165, 1.54) is 0 Å². The molecule has 1 aromatic rings. The van der Waals surface area contributed by atoms with Gasteiger partial charge in [0.15, 0.2) is 5.82 Å². The van der Waals surface area contributed by atoms with Crippen LogP contribution in [0.1, 0.15) is 39.3 Å². The molecule has 94 valence electrons. The van der Waals surface area contributed by atoms with E-state index in [4.69, 9.17) is 0 Å². The van der Waals surface area contributed by atoms with Crippen LogP contribution in [0.5, 0.6) is 0 Å². The van der Waals surface area contributed by atoms with Crippen molar-refractivity contribution in [3.8, 4) is 0 Å². The monoisotopic (exact) mass is 236 g/mol. The van der Waals surface area contributed by atoms with Crippen LogP contribution >= 0.6 is 0 Å². The number of carbonyl (C=O) groups excluding carboxylic acids is 1. The van der Waals surface area contributed by atoms with Crippen molar-refractivity contribution in [3.05, 3.63) is 11.8 Å². The summed E-state index contributed by atoms with van der Waals surface area (Å²) in [6, 6.07) is 1.85. The third-order valence-electron chi connectivity index (χ3n) is 3.01. The lowest BCUT2D eigenvalue weighted by atomic mass is 9.92. The molecule has 0 radical (unpaired) electrons. The minimum Gasteiger partial charge on any atom is -0.324 e. The largest absolute Gasteiger partial charge is 0.324 e. The van der Waals surface area contributed by atoms with E-state index in [2.05, 4.69) is 36.3 Å². The molecular weight excluding hydrogens is 216 g/mol. The van der Waals surface area contributed by atoms with Crippen LogP contribution in [0.25, 0.3) is 0 Å². The number of urea groups is 1. The lowest BCUT2D eigenvalue weighted by Crippen LogP contribution is -2.32. The molecule has 0 atom stereocenters. The number of H-pyrrole nitrogens is 1. The van der Waals surface area contributed by atoms with Gasteiger partial charge in [-0.05, 0) is 12.8 Å². The molecule has 0 aromatic carbocycles. The number of nitrogens with one attached hydrogen (secondary N) is 2. The van der Waals surface area contributed by atoms with Crippen LogP contribution in [0.3, 0.4) is 0 Å². The van der Waals surface area contributed by atoms with Crippen LogP contribution in [0.15, 0.2) is 6.07 Å². The van der Waals surface area contributed by atoms with Crippen molar-refractivity contribution >= 4 is 11.8 Å². The zero-order valence-electron chi connectivity index (χ0n) is 10.7. The molecule has 1 aliphatic rings. The Labute approximate surface area is 102 Å². The summed E-state index contributed by atoms with van der Waals surface area (Å²) in [5, 5.41) is 9.89. The van der Waals surface area contributed by atoms with E-state index in [1.54, 1.807) is 0 Å². The number of nitrogens with zero attached hydrogens (tertiary/aromatic N) is 2. The Morgan fingerprint density at radius 1 is 1.41 bits per heavy atom. The fourth-order valence-electron chi connectivity index (χ4n) is 1.88. The van der Waals surface area contributed by atoms with Crippen LogP contribution in [0.2, 0.25) is 0 Å². The second-order valence-corrected chi connectivity index (χ2v) is 5.54. The van der Waals surface area contributed by atoms with Crippen molar-refractivity contribution in [2.24, 2.45) is 0 Å². The third kappa shape index (κ3) is 2.78. The molecule has 1 aromatic heterocycles. The molecule has 17 heavy (non-hydrogen) atoms. The lowest BCUT2D eigenvalue weighted by molar-refractivity contribution is 0.222. The second kappa shape index (κ2) is 4.39. The smallest absolute Gasteiger partial charge is 0.323 e. The van der Waals surface area contributed by atoms with E-state index < -0.39 is 0 Å². The highest BCUT2D eigenvalue weighted by molar-refractivity contribution is 5.88. The molecule has 0 spiro atoms. The van der Waals surface area contributed by atoms with Crippen LogP contribution < -0.4 is 5.32 Å². The maximum absolute atomic E-state index is 11.8. The van der Waals surface area contributed by atoms with E-state index in [-0.39, 0.29) is 11.4 Å². The number of anilines is 1. The minimum absolute atomic E-state index is 0.0175. The van der Waals surface area contributed by atoms with Gasteiger partial charge in [0, 0.05) is 30.3 Å². The van der Waals surface area contributed by atoms with Gasteiger partial charge in [0.1, 0.15) is 0 Å². The number of hydrogen-bond acceptors (Lipinski definition) is 2. The average molecular weight is 236 g/mol. The van der Waals surface area contributed by atoms with Crippen molar-refractivity contribution in [2.75, 3.05) is 18.4 Å². The Balaban J connectivity index is 1.99. The van der Waals surface area contributed by atoms with Gasteiger partial charge in [-0.3, -0.25) is 10.4 Å². The molecule has 1 aliphatic heterocycles. The third-order valence-corrected chi connectivity index (χ3v) is 3.01.